The standard InChI is InChI=1S/C16H22N4O2/c1-7-13(21)19(17)15-10(4)9(3)11(5)16(12(15)6)20(18)14(22)8-2/h7-8H,1-2,17-18H2,3-6H3. The lowest BCUT2D eigenvalue weighted by Gasteiger charge is -2.28. The van der Waals surface area contributed by atoms with Gasteiger partial charge in [-0.3, -0.25) is 9.59 Å². The zero-order valence-electron chi connectivity index (χ0n) is 13.4. The van der Waals surface area contributed by atoms with E-state index < -0.39 is 11.8 Å². The van der Waals surface area contributed by atoms with Gasteiger partial charge in [-0.2, -0.15) is 0 Å². The van der Waals surface area contributed by atoms with E-state index in [-0.39, 0.29) is 0 Å². The maximum absolute atomic E-state index is 11.8. The number of amides is 2. The Labute approximate surface area is 130 Å². The molecule has 0 aromatic heterocycles. The van der Waals surface area contributed by atoms with Gasteiger partial charge in [0.2, 0.25) is 0 Å². The highest BCUT2D eigenvalue weighted by Crippen LogP contribution is 2.37. The van der Waals surface area contributed by atoms with Crippen molar-refractivity contribution in [1.29, 1.82) is 0 Å². The van der Waals surface area contributed by atoms with Crippen LogP contribution in [0.1, 0.15) is 22.3 Å². The third-order valence-corrected chi connectivity index (χ3v) is 3.85. The summed E-state index contributed by atoms with van der Waals surface area (Å²) in [7, 11) is 0. The van der Waals surface area contributed by atoms with E-state index in [1.165, 1.54) is 0 Å². The van der Waals surface area contributed by atoms with Crippen molar-refractivity contribution in [2.24, 2.45) is 11.7 Å². The summed E-state index contributed by atoms with van der Waals surface area (Å²) < 4.78 is 0. The molecule has 0 aliphatic rings. The van der Waals surface area contributed by atoms with Gasteiger partial charge in [-0.05, 0) is 56.5 Å². The molecule has 0 fully saturated rings. The van der Waals surface area contributed by atoms with Crippen molar-refractivity contribution in [3.63, 3.8) is 0 Å². The first kappa shape index (κ1) is 17.6. The lowest BCUT2D eigenvalue weighted by molar-refractivity contribution is -0.114. The summed E-state index contributed by atoms with van der Waals surface area (Å²) in [6.45, 7) is 14.2. The summed E-state index contributed by atoms with van der Waals surface area (Å²) >= 11 is 0. The molecule has 0 saturated carbocycles. The van der Waals surface area contributed by atoms with Gasteiger partial charge in [0.25, 0.3) is 11.8 Å². The highest BCUT2D eigenvalue weighted by Gasteiger charge is 2.24. The van der Waals surface area contributed by atoms with Crippen LogP contribution in [-0.4, -0.2) is 11.8 Å². The van der Waals surface area contributed by atoms with E-state index >= 15 is 0 Å². The molecule has 1 aromatic rings. The predicted molar refractivity (Wildman–Crippen MR) is 89.1 cm³/mol. The second-order valence-corrected chi connectivity index (χ2v) is 5.02. The topological polar surface area (TPSA) is 92.7 Å². The fourth-order valence-electron chi connectivity index (χ4n) is 2.45. The van der Waals surface area contributed by atoms with Crippen LogP contribution in [0.5, 0.6) is 0 Å². The first-order valence-corrected chi connectivity index (χ1v) is 6.71. The maximum atomic E-state index is 11.8. The molecule has 4 N–H and O–H groups in total. The molecule has 0 saturated heterocycles. The molecule has 2 amide bonds. The molecule has 0 spiro atoms. The van der Waals surface area contributed by atoms with Crippen molar-refractivity contribution in [1.82, 2.24) is 0 Å². The van der Waals surface area contributed by atoms with Crippen LogP contribution in [0.2, 0.25) is 0 Å². The Morgan fingerprint density at radius 1 is 0.773 bits per heavy atom. The van der Waals surface area contributed by atoms with Gasteiger partial charge >= 0.3 is 0 Å². The fourth-order valence-corrected chi connectivity index (χ4v) is 2.45. The largest absolute Gasteiger partial charge is 0.268 e. The van der Waals surface area contributed by atoms with Crippen molar-refractivity contribution >= 4 is 23.2 Å². The second kappa shape index (κ2) is 6.55. The third kappa shape index (κ3) is 2.79. The minimum Gasteiger partial charge on any atom is -0.268 e. The Bertz CT molecular complexity index is 612. The molecule has 6 nitrogen and oxygen atoms in total. The summed E-state index contributed by atoms with van der Waals surface area (Å²) in [5.41, 5.74) is 4.24. The Balaban J connectivity index is 3.71. The molecular weight excluding hydrogens is 280 g/mol. The van der Waals surface area contributed by atoms with Crippen molar-refractivity contribution < 1.29 is 9.59 Å². The quantitative estimate of drug-likeness (QED) is 0.383. The predicted octanol–water partition coefficient (Wildman–Crippen LogP) is 1.71. The van der Waals surface area contributed by atoms with Gasteiger partial charge in [-0.25, -0.2) is 21.7 Å². The van der Waals surface area contributed by atoms with Crippen LogP contribution in [0.15, 0.2) is 25.3 Å². The summed E-state index contributed by atoms with van der Waals surface area (Å²) in [5, 5.41) is 2.03. The van der Waals surface area contributed by atoms with Crippen molar-refractivity contribution in [2.45, 2.75) is 27.7 Å². The summed E-state index contributed by atoms with van der Waals surface area (Å²) in [6.07, 6.45) is 2.26. The molecule has 0 aliphatic heterocycles. The number of carbonyl (C=O) groups is 2. The fraction of sp³-hybridized carbons (Fsp3) is 0.250. The van der Waals surface area contributed by atoms with Gasteiger partial charge in [-0.15, -0.1) is 0 Å². The summed E-state index contributed by atoms with van der Waals surface area (Å²) in [5.74, 6) is 10.9. The molecule has 1 rings (SSSR count). The molecule has 0 heterocycles. The lowest BCUT2D eigenvalue weighted by Crippen LogP contribution is -2.40. The average molecular weight is 302 g/mol. The minimum atomic E-state index is -0.445. The van der Waals surface area contributed by atoms with E-state index in [0.717, 1.165) is 38.9 Å². The van der Waals surface area contributed by atoms with E-state index in [4.69, 9.17) is 11.7 Å². The Morgan fingerprint density at radius 3 is 1.36 bits per heavy atom. The number of hydrogen-bond acceptors (Lipinski definition) is 4. The van der Waals surface area contributed by atoms with E-state index in [0.29, 0.717) is 16.9 Å². The molecule has 22 heavy (non-hydrogen) atoms. The smallest absolute Gasteiger partial charge is 0.264 e. The second-order valence-electron chi connectivity index (χ2n) is 5.02. The first-order chi connectivity index (χ1) is 10.2. The molecule has 0 aliphatic carbocycles. The van der Waals surface area contributed by atoms with Gasteiger partial charge in [0.05, 0.1) is 11.4 Å². The molecular formula is C16H22N4O2. The number of anilines is 2. The number of hydrogen-bond donors (Lipinski definition) is 2. The monoisotopic (exact) mass is 302 g/mol. The highest BCUT2D eigenvalue weighted by atomic mass is 16.2. The maximum Gasteiger partial charge on any atom is 0.264 e. The number of benzene rings is 1. The van der Waals surface area contributed by atoms with Crippen LogP contribution >= 0.6 is 0 Å². The summed E-state index contributed by atoms with van der Waals surface area (Å²) in [6, 6.07) is 0. The lowest BCUT2D eigenvalue weighted by atomic mass is 9.95. The molecule has 0 atom stereocenters. The molecule has 1 aromatic carbocycles. The number of hydrazine groups is 2. The Hall–Kier alpha value is -2.44. The number of nitrogens with two attached hydrogens (primary N) is 2. The summed E-state index contributed by atoms with van der Waals surface area (Å²) in [4.78, 5) is 23.7. The number of carbonyl (C=O) groups excluding carboxylic acids is 2. The zero-order chi connectivity index (χ0) is 17.2. The number of rotatable bonds is 4. The zero-order valence-corrected chi connectivity index (χ0v) is 13.4. The van der Waals surface area contributed by atoms with Crippen LogP contribution < -0.4 is 21.7 Å². The Morgan fingerprint density at radius 2 is 1.09 bits per heavy atom. The normalized spacial score (nSPS) is 10.1. The van der Waals surface area contributed by atoms with Gasteiger partial charge in [-0.1, -0.05) is 13.2 Å². The van der Waals surface area contributed by atoms with Crippen LogP contribution in [-0.2, 0) is 9.59 Å². The first-order valence-electron chi connectivity index (χ1n) is 6.71. The molecule has 0 bridgehead atoms. The SMILES string of the molecule is C=CC(=O)N(N)c1c(C)c(C)c(C)c(N(N)C(=O)C=C)c1C. The Kier molecular flexibility index (Phi) is 5.24. The van der Waals surface area contributed by atoms with E-state index in [9.17, 15) is 9.59 Å². The van der Waals surface area contributed by atoms with Gasteiger partial charge in [0.15, 0.2) is 0 Å². The van der Waals surface area contributed by atoms with Crippen molar-refractivity contribution in [3.05, 3.63) is 47.6 Å². The van der Waals surface area contributed by atoms with E-state index in [2.05, 4.69) is 13.2 Å². The molecule has 118 valence electrons. The average Bonchev–Trinajstić information content (AvgIpc) is 2.50. The molecule has 6 heteroatoms. The van der Waals surface area contributed by atoms with Crippen LogP contribution in [0.3, 0.4) is 0 Å². The minimum absolute atomic E-state index is 0.445. The molecule has 0 radical (unpaired) electrons. The van der Waals surface area contributed by atoms with Crippen LogP contribution in [0, 0.1) is 27.7 Å². The highest BCUT2D eigenvalue weighted by molar-refractivity contribution is 6.05. The van der Waals surface area contributed by atoms with E-state index in [1.54, 1.807) is 6.92 Å². The van der Waals surface area contributed by atoms with Gasteiger partial charge in [0.1, 0.15) is 0 Å². The van der Waals surface area contributed by atoms with Gasteiger partial charge in [0, 0.05) is 5.56 Å². The van der Waals surface area contributed by atoms with Crippen LogP contribution in [0.25, 0.3) is 0 Å². The van der Waals surface area contributed by atoms with Crippen LogP contribution in [0.4, 0.5) is 11.4 Å². The number of nitrogens with zero attached hydrogens (tertiary/aromatic N) is 2. The van der Waals surface area contributed by atoms with E-state index in [1.807, 2.05) is 20.8 Å². The molecule has 0 unspecified atom stereocenters. The third-order valence-electron chi connectivity index (χ3n) is 3.85. The van der Waals surface area contributed by atoms with Crippen molar-refractivity contribution in [3.8, 4) is 0 Å². The van der Waals surface area contributed by atoms with Gasteiger partial charge < -0.3 is 0 Å². The van der Waals surface area contributed by atoms with Crippen molar-refractivity contribution in [2.75, 3.05) is 10.0 Å².